The molecule has 0 radical (unpaired) electrons. The number of halogens is 1. The summed E-state index contributed by atoms with van der Waals surface area (Å²) in [6.07, 6.45) is 1.72. The highest BCUT2D eigenvalue weighted by atomic mass is 35.5. The van der Waals surface area contributed by atoms with Gasteiger partial charge in [0.15, 0.2) is 0 Å². The van der Waals surface area contributed by atoms with Crippen LogP contribution in [0.25, 0.3) is 0 Å². The Bertz CT molecular complexity index is 313. The van der Waals surface area contributed by atoms with Crippen molar-refractivity contribution in [3.8, 4) is 0 Å². The average Bonchev–Trinajstić information content (AvgIpc) is 2.10. The minimum Gasteiger partial charge on any atom is -0.396 e. The Morgan fingerprint density at radius 2 is 2.36 bits per heavy atom. The molecule has 1 aliphatic rings. The van der Waals surface area contributed by atoms with Crippen molar-refractivity contribution in [2.24, 2.45) is 5.92 Å². The third-order valence-corrected chi connectivity index (χ3v) is 2.69. The lowest BCUT2D eigenvalue weighted by Gasteiger charge is -2.38. The van der Waals surface area contributed by atoms with Crippen molar-refractivity contribution in [2.45, 2.75) is 6.54 Å². The van der Waals surface area contributed by atoms with Crippen LogP contribution >= 0.6 is 11.6 Å². The van der Waals surface area contributed by atoms with Gasteiger partial charge < -0.3 is 5.11 Å². The Morgan fingerprint density at radius 1 is 1.57 bits per heavy atom. The van der Waals surface area contributed by atoms with Gasteiger partial charge in [-0.05, 0) is 17.7 Å². The fraction of sp³-hybridized carbons (Fsp3) is 0.500. The normalized spacial score (nSPS) is 18.1. The van der Waals surface area contributed by atoms with Gasteiger partial charge in [0.2, 0.25) is 0 Å². The number of aromatic nitrogens is 1. The number of nitrogens with zero attached hydrogens (tertiary/aromatic N) is 2. The quantitative estimate of drug-likeness (QED) is 0.764. The summed E-state index contributed by atoms with van der Waals surface area (Å²) in [5.41, 5.74) is 1.18. The van der Waals surface area contributed by atoms with Gasteiger partial charge in [0.1, 0.15) is 5.15 Å². The topological polar surface area (TPSA) is 36.4 Å². The van der Waals surface area contributed by atoms with E-state index in [1.54, 1.807) is 6.20 Å². The van der Waals surface area contributed by atoms with E-state index in [1.807, 2.05) is 12.1 Å². The van der Waals surface area contributed by atoms with E-state index < -0.39 is 0 Å². The summed E-state index contributed by atoms with van der Waals surface area (Å²) in [5.74, 6) is 0.465. The Hall–Kier alpha value is -0.640. The van der Waals surface area contributed by atoms with Crippen molar-refractivity contribution in [3.05, 3.63) is 29.0 Å². The van der Waals surface area contributed by atoms with Crippen LogP contribution in [0.5, 0.6) is 0 Å². The maximum atomic E-state index is 8.86. The molecule has 2 rings (SSSR count). The summed E-state index contributed by atoms with van der Waals surface area (Å²) < 4.78 is 0. The molecule has 1 aromatic heterocycles. The van der Waals surface area contributed by atoms with Crippen molar-refractivity contribution in [2.75, 3.05) is 19.7 Å². The number of rotatable bonds is 3. The highest BCUT2D eigenvalue weighted by Gasteiger charge is 2.25. The molecule has 76 valence electrons. The Labute approximate surface area is 88.3 Å². The second-order valence-electron chi connectivity index (χ2n) is 3.73. The molecule has 2 heterocycles. The van der Waals surface area contributed by atoms with Crippen LogP contribution < -0.4 is 0 Å². The molecule has 0 aliphatic carbocycles. The van der Waals surface area contributed by atoms with Crippen LogP contribution in [0.15, 0.2) is 18.3 Å². The highest BCUT2D eigenvalue weighted by Crippen LogP contribution is 2.18. The monoisotopic (exact) mass is 212 g/mol. The molecule has 0 unspecified atom stereocenters. The fourth-order valence-electron chi connectivity index (χ4n) is 1.72. The summed E-state index contributed by atoms with van der Waals surface area (Å²) in [7, 11) is 0. The van der Waals surface area contributed by atoms with Gasteiger partial charge >= 0.3 is 0 Å². The molecule has 0 bridgehead atoms. The first kappa shape index (κ1) is 9.90. The van der Waals surface area contributed by atoms with Gasteiger partial charge in [-0.2, -0.15) is 0 Å². The highest BCUT2D eigenvalue weighted by molar-refractivity contribution is 6.29. The molecular weight excluding hydrogens is 200 g/mol. The van der Waals surface area contributed by atoms with E-state index >= 15 is 0 Å². The zero-order valence-corrected chi connectivity index (χ0v) is 8.61. The van der Waals surface area contributed by atoms with E-state index in [-0.39, 0.29) is 0 Å². The van der Waals surface area contributed by atoms with E-state index in [0.29, 0.717) is 17.7 Å². The molecule has 0 spiro atoms. The third kappa shape index (κ3) is 2.23. The molecule has 3 nitrogen and oxygen atoms in total. The van der Waals surface area contributed by atoms with Crippen LogP contribution in [-0.2, 0) is 6.54 Å². The van der Waals surface area contributed by atoms with E-state index in [2.05, 4.69) is 9.88 Å². The lowest BCUT2D eigenvalue weighted by atomic mass is 10.0. The molecule has 1 aromatic rings. The van der Waals surface area contributed by atoms with Crippen molar-refractivity contribution in [1.82, 2.24) is 9.88 Å². The van der Waals surface area contributed by atoms with E-state index in [1.165, 1.54) is 5.56 Å². The molecular formula is C10H13ClN2O. The molecule has 0 aromatic carbocycles. The number of hydrogen-bond donors (Lipinski definition) is 1. The van der Waals surface area contributed by atoms with Crippen LogP contribution in [0.2, 0.25) is 5.15 Å². The lowest BCUT2D eigenvalue weighted by molar-refractivity contribution is 0.0479. The van der Waals surface area contributed by atoms with E-state index in [4.69, 9.17) is 16.7 Å². The summed E-state index contributed by atoms with van der Waals surface area (Å²) >= 11 is 5.78. The minimum absolute atomic E-state index is 0.299. The Morgan fingerprint density at radius 3 is 3.00 bits per heavy atom. The average molecular weight is 213 g/mol. The van der Waals surface area contributed by atoms with Gasteiger partial charge in [0.25, 0.3) is 0 Å². The number of pyridine rings is 1. The number of aliphatic hydroxyl groups excluding tert-OH is 1. The molecule has 0 saturated carbocycles. The third-order valence-electron chi connectivity index (χ3n) is 2.49. The van der Waals surface area contributed by atoms with E-state index in [0.717, 1.165) is 19.6 Å². The summed E-state index contributed by atoms with van der Waals surface area (Å²) in [4.78, 5) is 6.21. The smallest absolute Gasteiger partial charge is 0.129 e. The maximum Gasteiger partial charge on any atom is 0.129 e. The summed E-state index contributed by atoms with van der Waals surface area (Å²) in [6.45, 7) is 3.17. The van der Waals surface area contributed by atoms with Crippen LogP contribution in [0, 0.1) is 5.92 Å². The molecule has 1 N–H and O–H groups in total. The largest absolute Gasteiger partial charge is 0.396 e. The van der Waals surface area contributed by atoms with Gasteiger partial charge in [-0.1, -0.05) is 11.6 Å². The zero-order chi connectivity index (χ0) is 9.97. The van der Waals surface area contributed by atoms with Crippen LogP contribution in [0.3, 0.4) is 0 Å². The second-order valence-corrected chi connectivity index (χ2v) is 4.12. The van der Waals surface area contributed by atoms with Crippen LogP contribution in [-0.4, -0.2) is 34.7 Å². The van der Waals surface area contributed by atoms with Gasteiger partial charge in [0, 0.05) is 38.4 Å². The number of likely N-dealkylation sites (tertiary alicyclic amines) is 1. The predicted octanol–water partition coefficient (Wildman–Crippen LogP) is 1.16. The Kier molecular flexibility index (Phi) is 3.01. The van der Waals surface area contributed by atoms with Gasteiger partial charge in [-0.15, -0.1) is 0 Å². The van der Waals surface area contributed by atoms with Crippen molar-refractivity contribution in [3.63, 3.8) is 0 Å². The lowest BCUT2D eigenvalue weighted by Crippen LogP contribution is -2.47. The molecule has 14 heavy (non-hydrogen) atoms. The first-order valence-electron chi connectivity index (χ1n) is 4.71. The standard InChI is InChI=1S/C10H13ClN2O/c11-10-3-8(1-2-12-10)4-13-5-9(6-13)7-14/h1-3,9,14H,4-7H2. The van der Waals surface area contributed by atoms with Gasteiger partial charge in [-0.3, -0.25) is 4.90 Å². The molecule has 1 fully saturated rings. The van der Waals surface area contributed by atoms with Crippen molar-refractivity contribution < 1.29 is 5.11 Å². The number of hydrogen-bond acceptors (Lipinski definition) is 3. The van der Waals surface area contributed by atoms with Gasteiger partial charge in [-0.25, -0.2) is 4.98 Å². The fourth-order valence-corrected chi connectivity index (χ4v) is 1.92. The molecule has 1 aliphatic heterocycles. The zero-order valence-electron chi connectivity index (χ0n) is 7.86. The van der Waals surface area contributed by atoms with Crippen molar-refractivity contribution >= 4 is 11.6 Å². The minimum atomic E-state index is 0.299. The molecule has 0 atom stereocenters. The molecule has 4 heteroatoms. The second kappa shape index (κ2) is 4.26. The summed E-state index contributed by atoms with van der Waals surface area (Å²) in [6, 6.07) is 3.85. The van der Waals surface area contributed by atoms with Gasteiger partial charge in [0.05, 0.1) is 0 Å². The summed E-state index contributed by atoms with van der Waals surface area (Å²) in [5, 5.41) is 9.40. The van der Waals surface area contributed by atoms with Crippen LogP contribution in [0.4, 0.5) is 0 Å². The van der Waals surface area contributed by atoms with Crippen LogP contribution in [0.1, 0.15) is 5.56 Å². The first-order valence-corrected chi connectivity index (χ1v) is 5.09. The maximum absolute atomic E-state index is 8.86. The van der Waals surface area contributed by atoms with Crippen molar-refractivity contribution in [1.29, 1.82) is 0 Å². The SMILES string of the molecule is OCC1CN(Cc2ccnc(Cl)c2)C1. The predicted molar refractivity (Wildman–Crippen MR) is 55.1 cm³/mol. The molecule has 1 saturated heterocycles. The van der Waals surface area contributed by atoms with E-state index in [9.17, 15) is 0 Å². The number of aliphatic hydroxyl groups is 1. The molecule has 0 amide bonds. The Balaban J connectivity index is 1.87. The first-order chi connectivity index (χ1) is 6.78.